The van der Waals surface area contributed by atoms with Gasteiger partial charge in [-0.25, -0.2) is 9.67 Å². The lowest BCUT2D eigenvalue weighted by Crippen LogP contribution is -2.14. The fourth-order valence-corrected chi connectivity index (χ4v) is 2.96. The highest BCUT2D eigenvalue weighted by atomic mass is 16.3. The predicted octanol–water partition coefficient (Wildman–Crippen LogP) is 3.70. The van der Waals surface area contributed by atoms with Gasteiger partial charge in [-0.05, 0) is 66.4 Å². The van der Waals surface area contributed by atoms with Crippen molar-refractivity contribution in [3.63, 3.8) is 0 Å². The maximum Gasteiger partial charge on any atom is 0.281 e. The van der Waals surface area contributed by atoms with Crippen LogP contribution in [-0.4, -0.2) is 19.9 Å². The Kier molecular flexibility index (Phi) is 3.42. The second kappa shape index (κ2) is 5.63. The van der Waals surface area contributed by atoms with E-state index >= 15 is 0 Å². The van der Waals surface area contributed by atoms with Gasteiger partial charge < -0.3 is 5.11 Å². The molecule has 5 nitrogen and oxygen atoms in total. The lowest BCUT2D eigenvalue weighted by Gasteiger charge is -2.05. The molecule has 0 spiro atoms. The Bertz CT molecular complexity index is 1140. The summed E-state index contributed by atoms with van der Waals surface area (Å²) in [5, 5.41) is 13.1. The minimum absolute atomic E-state index is 0.144. The zero-order valence-corrected chi connectivity index (χ0v) is 13.9. The molecule has 0 radical (unpaired) electrons. The fourth-order valence-electron chi connectivity index (χ4n) is 2.96. The van der Waals surface area contributed by atoms with Crippen molar-refractivity contribution in [2.24, 2.45) is 0 Å². The molecule has 124 valence electrons. The third-order valence-corrected chi connectivity index (χ3v) is 4.51. The number of phenolic OH excluding ortho intramolecular Hbond substituents is 1. The molecule has 2 heterocycles. The summed E-state index contributed by atoms with van der Waals surface area (Å²) in [6.07, 6.45) is 1.67. The van der Waals surface area contributed by atoms with E-state index in [9.17, 15) is 9.90 Å². The number of benzene rings is 2. The van der Waals surface area contributed by atoms with Crippen LogP contribution in [0.15, 0.2) is 59.5 Å². The third-order valence-electron chi connectivity index (χ3n) is 4.51. The molecular weight excluding hydrogens is 314 g/mol. The van der Waals surface area contributed by atoms with Gasteiger partial charge in [0.25, 0.3) is 5.56 Å². The number of hydrogen-bond donors (Lipinski definition) is 2. The Morgan fingerprint density at radius 1 is 1.00 bits per heavy atom. The summed E-state index contributed by atoms with van der Waals surface area (Å²) < 4.78 is 1.52. The highest BCUT2D eigenvalue weighted by Crippen LogP contribution is 2.26. The van der Waals surface area contributed by atoms with Gasteiger partial charge in [0.2, 0.25) is 0 Å². The molecule has 0 saturated heterocycles. The Labute approximate surface area is 144 Å². The standard InChI is InChI=1S/C20H17N3O2/c1-12-3-6-15(11-13(12)2)23-20(25)18-17(9-10-21-19(18)22-23)14-4-7-16(24)8-5-14/h3-11,24H,1-2H3,(H,21,22). The van der Waals surface area contributed by atoms with Gasteiger partial charge in [-0.1, -0.05) is 18.2 Å². The molecule has 0 aliphatic carbocycles. The number of aromatic amines is 1. The number of aromatic nitrogens is 3. The van der Waals surface area contributed by atoms with Crippen molar-refractivity contribution in [3.8, 4) is 22.6 Å². The molecule has 5 heteroatoms. The summed E-state index contributed by atoms with van der Waals surface area (Å²) in [6.45, 7) is 4.06. The maximum absolute atomic E-state index is 13.0. The summed E-state index contributed by atoms with van der Waals surface area (Å²) in [5.41, 5.74) is 5.11. The lowest BCUT2D eigenvalue weighted by atomic mass is 10.0. The van der Waals surface area contributed by atoms with E-state index in [2.05, 4.69) is 10.1 Å². The average molecular weight is 331 g/mol. The Morgan fingerprint density at radius 3 is 2.48 bits per heavy atom. The van der Waals surface area contributed by atoms with Crippen LogP contribution in [0.2, 0.25) is 0 Å². The van der Waals surface area contributed by atoms with Gasteiger partial charge in [-0.15, -0.1) is 0 Å². The first-order valence-corrected chi connectivity index (χ1v) is 8.01. The molecule has 0 bridgehead atoms. The van der Waals surface area contributed by atoms with Crippen LogP contribution in [0.4, 0.5) is 0 Å². The number of rotatable bonds is 2. The number of fused-ring (bicyclic) bond motifs is 1. The number of phenols is 1. The van der Waals surface area contributed by atoms with E-state index in [1.54, 1.807) is 30.5 Å². The third kappa shape index (κ3) is 2.50. The number of aromatic hydroxyl groups is 1. The molecule has 0 aliphatic rings. The molecule has 2 N–H and O–H groups in total. The molecule has 0 fully saturated rings. The molecule has 0 aliphatic heterocycles. The minimum Gasteiger partial charge on any atom is -0.508 e. The normalized spacial score (nSPS) is 11.1. The van der Waals surface area contributed by atoms with Gasteiger partial charge in [-0.3, -0.25) is 9.89 Å². The molecule has 4 rings (SSSR count). The van der Waals surface area contributed by atoms with Gasteiger partial charge in [0.05, 0.1) is 11.1 Å². The monoisotopic (exact) mass is 331 g/mol. The molecule has 0 saturated carbocycles. The summed E-state index contributed by atoms with van der Waals surface area (Å²) in [5.74, 6) is 0.190. The van der Waals surface area contributed by atoms with Crippen LogP contribution in [0.5, 0.6) is 5.75 Å². The minimum atomic E-state index is -0.144. The number of H-pyrrole nitrogens is 1. The Morgan fingerprint density at radius 2 is 1.76 bits per heavy atom. The van der Waals surface area contributed by atoms with Crippen molar-refractivity contribution in [2.45, 2.75) is 13.8 Å². The predicted molar refractivity (Wildman–Crippen MR) is 98.3 cm³/mol. The molecule has 2 aromatic carbocycles. The van der Waals surface area contributed by atoms with Crippen LogP contribution in [0.1, 0.15) is 11.1 Å². The number of hydrogen-bond acceptors (Lipinski definition) is 3. The van der Waals surface area contributed by atoms with Crippen LogP contribution in [-0.2, 0) is 0 Å². The highest BCUT2D eigenvalue weighted by Gasteiger charge is 2.14. The lowest BCUT2D eigenvalue weighted by molar-refractivity contribution is 0.475. The van der Waals surface area contributed by atoms with E-state index in [4.69, 9.17) is 0 Å². The molecule has 0 atom stereocenters. The molecular formula is C20H17N3O2. The second-order valence-corrected chi connectivity index (χ2v) is 6.15. The molecule has 4 aromatic rings. The van der Waals surface area contributed by atoms with Crippen LogP contribution < -0.4 is 5.56 Å². The van der Waals surface area contributed by atoms with Crippen molar-refractivity contribution in [1.29, 1.82) is 0 Å². The van der Waals surface area contributed by atoms with Crippen molar-refractivity contribution in [2.75, 3.05) is 0 Å². The largest absolute Gasteiger partial charge is 0.508 e. The van der Waals surface area contributed by atoms with Crippen molar-refractivity contribution in [3.05, 3.63) is 76.2 Å². The number of aryl methyl sites for hydroxylation is 2. The number of pyridine rings is 1. The van der Waals surface area contributed by atoms with Crippen molar-refractivity contribution < 1.29 is 5.11 Å². The van der Waals surface area contributed by atoms with Crippen molar-refractivity contribution >= 4 is 11.0 Å². The topological polar surface area (TPSA) is 70.9 Å². The zero-order chi connectivity index (χ0) is 17.6. The number of nitrogens with one attached hydrogen (secondary N) is 1. The van der Waals surface area contributed by atoms with Crippen LogP contribution in [0.3, 0.4) is 0 Å². The van der Waals surface area contributed by atoms with Crippen molar-refractivity contribution in [1.82, 2.24) is 14.8 Å². The Hall–Kier alpha value is -3.34. The second-order valence-electron chi connectivity index (χ2n) is 6.15. The van der Waals surface area contributed by atoms with Crippen LogP contribution in [0, 0.1) is 13.8 Å². The Balaban J connectivity index is 1.97. The SMILES string of the molecule is Cc1ccc(-n2[nH]c3nccc(-c4ccc(O)cc4)c3c2=O)cc1C. The first-order chi connectivity index (χ1) is 12.0. The smallest absolute Gasteiger partial charge is 0.281 e. The van der Waals surface area contributed by atoms with Crippen LogP contribution >= 0.6 is 0 Å². The average Bonchev–Trinajstić information content (AvgIpc) is 2.95. The number of nitrogens with zero attached hydrogens (tertiary/aromatic N) is 2. The van der Waals surface area contributed by atoms with E-state index in [0.717, 1.165) is 22.4 Å². The summed E-state index contributed by atoms with van der Waals surface area (Å²) in [4.78, 5) is 17.3. The van der Waals surface area contributed by atoms with E-state index in [-0.39, 0.29) is 11.3 Å². The quantitative estimate of drug-likeness (QED) is 0.588. The molecule has 0 unspecified atom stereocenters. The molecule has 0 amide bonds. The molecule has 25 heavy (non-hydrogen) atoms. The summed E-state index contributed by atoms with van der Waals surface area (Å²) in [6, 6.07) is 14.5. The van der Waals surface area contributed by atoms with E-state index in [1.165, 1.54) is 10.2 Å². The first kappa shape index (κ1) is 15.2. The van der Waals surface area contributed by atoms with Gasteiger partial charge in [0, 0.05) is 6.20 Å². The van der Waals surface area contributed by atoms with Gasteiger partial charge in [0.1, 0.15) is 5.75 Å². The molecule has 2 aromatic heterocycles. The maximum atomic E-state index is 13.0. The van der Waals surface area contributed by atoms with Gasteiger partial charge in [0.15, 0.2) is 5.65 Å². The van der Waals surface area contributed by atoms with Gasteiger partial charge >= 0.3 is 0 Å². The summed E-state index contributed by atoms with van der Waals surface area (Å²) in [7, 11) is 0. The van der Waals surface area contributed by atoms with E-state index < -0.39 is 0 Å². The van der Waals surface area contributed by atoms with E-state index in [1.807, 2.05) is 38.1 Å². The van der Waals surface area contributed by atoms with E-state index in [0.29, 0.717) is 11.0 Å². The van der Waals surface area contributed by atoms with Gasteiger partial charge in [-0.2, -0.15) is 0 Å². The highest BCUT2D eigenvalue weighted by molar-refractivity contribution is 5.92. The summed E-state index contributed by atoms with van der Waals surface area (Å²) >= 11 is 0. The van der Waals surface area contributed by atoms with Crippen LogP contribution in [0.25, 0.3) is 27.8 Å². The fraction of sp³-hybridized carbons (Fsp3) is 0.100. The first-order valence-electron chi connectivity index (χ1n) is 8.01. The zero-order valence-electron chi connectivity index (χ0n) is 13.9.